The zero-order valence-electron chi connectivity index (χ0n) is 12.5. The first-order valence-corrected chi connectivity index (χ1v) is 7.20. The third-order valence-electron chi connectivity index (χ3n) is 4.14. The second-order valence-electron chi connectivity index (χ2n) is 5.75. The Balaban J connectivity index is 2.49. The summed E-state index contributed by atoms with van der Waals surface area (Å²) < 4.78 is 2.10. The third kappa shape index (κ3) is 2.05. The minimum absolute atomic E-state index is 0.112. The summed E-state index contributed by atoms with van der Waals surface area (Å²) in [5.41, 5.74) is 8.55. The molecule has 0 aliphatic rings. The fourth-order valence-corrected chi connectivity index (χ4v) is 2.72. The first-order valence-electron chi connectivity index (χ1n) is 7.20. The quantitative estimate of drug-likeness (QED) is 0.775. The summed E-state index contributed by atoms with van der Waals surface area (Å²) in [5, 5.41) is 10.7. The molecule has 5 nitrogen and oxygen atoms in total. The van der Waals surface area contributed by atoms with Gasteiger partial charge in [0.05, 0.1) is 11.0 Å². The van der Waals surface area contributed by atoms with Crippen molar-refractivity contribution >= 4 is 27.8 Å². The van der Waals surface area contributed by atoms with Crippen LogP contribution in [0.25, 0.3) is 21.9 Å². The minimum Gasteiger partial charge on any atom is -0.388 e. The zero-order chi connectivity index (χ0) is 15.1. The Morgan fingerprint density at radius 1 is 1.19 bits per heavy atom. The van der Waals surface area contributed by atoms with Crippen molar-refractivity contribution in [3.8, 4) is 0 Å². The van der Waals surface area contributed by atoms with Crippen molar-refractivity contribution in [2.24, 2.45) is 5.92 Å². The minimum atomic E-state index is -0.112. The van der Waals surface area contributed by atoms with Gasteiger partial charge in [0.2, 0.25) is 0 Å². The average Bonchev–Trinajstić information content (AvgIpc) is 2.86. The fraction of sp³-hybridized carbons (Fsp3) is 0.375. The van der Waals surface area contributed by atoms with Crippen LogP contribution in [-0.4, -0.2) is 19.6 Å². The molecule has 0 aliphatic carbocycles. The Morgan fingerprint density at radius 3 is 2.57 bits per heavy atom. The Hall–Kier alpha value is -2.14. The molecule has 0 radical (unpaired) electrons. The molecule has 3 aromatic rings. The molecule has 2 aromatic heterocycles. The molecule has 110 valence electrons. The highest BCUT2D eigenvalue weighted by Gasteiger charge is 2.21. The smallest absolute Gasteiger partial charge is 0.152 e. The van der Waals surface area contributed by atoms with E-state index in [2.05, 4.69) is 35.3 Å². The highest BCUT2D eigenvalue weighted by Crippen LogP contribution is 2.32. The number of rotatable bonds is 3. The molecule has 2 heterocycles. The molecule has 0 fully saturated rings. The second-order valence-corrected chi connectivity index (χ2v) is 5.75. The zero-order valence-corrected chi connectivity index (χ0v) is 12.5. The van der Waals surface area contributed by atoms with Gasteiger partial charge in [-0.15, -0.1) is 0 Å². The van der Waals surface area contributed by atoms with Crippen LogP contribution in [0.15, 0.2) is 24.3 Å². The lowest BCUT2D eigenvalue weighted by atomic mass is 10.1. The standard InChI is InChI=1S/C16H20N4O/c1-9(2)10(3)20-13(8-21)19-14-15(20)11-6-4-5-7-12(11)18-16(14)17/h4-7,9-10,21H,8H2,1-3H3,(H2,17,18). The number of aliphatic hydroxyl groups excluding tert-OH is 1. The lowest BCUT2D eigenvalue weighted by Gasteiger charge is -2.21. The molecule has 1 aromatic carbocycles. The summed E-state index contributed by atoms with van der Waals surface area (Å²) in [7, 11) is 0. The van der Waals surface area contributed by atoms with Crippen molar-refractivity contribution in [3.63, 3.8) is 0 Å². The van der Waals surface area contributed by atoms with Gasteiger partial charge >= 0.3 is 0 Å². The fourth-order valence-electron chi connectivity index (χ4n) is 2.72. The average molecular weight is 284 g/mol. The summed E-state index contributed by atoms with van der Waals surface area (Å²) in [6.07, 6.45) is 0. The molecule has 0 spiro atoms. The van der Waals surface area contributed by atoms with Gasteiger partial charge in [-0.25, -0.2) is 9.97 Å². The Labute approximate surface area is 123 Å². The van der Waals surface area contributed by atoms with Crippen LogP contribution in [0.1, 0.15) is 32.6 Å². The van der Waals surface area contributed by atoms with E-state index >= 15 is 0 Å². The molecule has 0 amide bonds. The van der Waals surface area contributed by atoms with Crippen molar-refractivity contribution in [1.29, 1.82) is 0 Å². The van der Waals surface area contributed by atoms with Gasteiger partial charge in [-0.2, -0.15) is 0 Å². The van der Waals surface area contributed by atoms with E-state index in [4.69, 9.17) is 5.73 Å². The second kappa shape index (κ2) is 5.00. The largest absolute Gasteiger partial charge is 0.388 e. The van der Waals surface area contributed by atoms with Crippen LogP contribution in [0.5, 0.6) is 0 Å². The van der Waals surface area contributed by atoms with Crippen LogP contribution in [-0.2, 0) is 6.61 Å². The number of nitrogens with zero attached hydrogens (tertiary/aromatic N) is 3. The van der Waals surface area contributed by atoms with Crippen LogP contribution in [0.3, 0.4) is 0 Å². The Morgan fingerprint density at radius 2 is 1.90 bits per heavy atom. The van der Waals surface area contributed by atoms with Crippen molar-refractivity contribution in [2.45, 2.75) is 33.4 Å². The maximum absolute atomic E-state index is 9.67. The molecule has 0 saturated carbocycles. The van der Waals surface area contributed by atoms with E-state index in [-0.39, 0.29) is 12.6 Å². The van der Waals surface area contributed by atoms with Crippen molar-refractivity contribution < 1.29 is 5.11 Å². The van der Waals surface area contributed by atoms with Gasteiger partial charge in [0.25, 0.3) is 0 Å². The predicted octanol–water partition coefficient (Wildman–Crippen LogP) is 2.88. The molecule has 0 saturated heterocycles. The number of hydrogen-bond acceptors (Lipinski definition) is 4. The van der Waals surface area contributed by atoms with Gasteiger partial charge < -0.3 is 15.4 Å². The maximum atomic E-state index is 9.67. The maximum Gasteiger partial charge on any atom is 0.152 e. The normalized spacial score (nSPS) is 13.4. The molecule has 3 N–H and O–H groups in total. The third-order valence-corrected chi connectivity index (χ3v) is 4.14. The monoisotopic (exact) mass is 284 g/mol. The van der Waals surface area contributed by atoms with E-state index < -0.39 is 0 Å². The number of pyridine rings is 1. The first kappa shape index (κ1) is 13.8. The summed E-state index contributed by atoms with van der Waals surface area (Å²) in [5.74, 6) is 1.46. The molecule has 0 aliphatic heterocycles. The summed E-state index contributed by atoms with van der Waals surface area (Å²) >= 11 is 0. The van der Waals surface area contributed by atoms with Crippen LogP contribution >= 0.6 is 0 Å². The number of nitrogen functional groups attached to an aromatic ring is 1. The lowest BCUT2D eigenvalue weighted by molar-refractivity contribution is 0.257. The number of imidazole rings is 1. The molecular weight excluding hydrogens is 264 g/mol. The molecule has 5 heteroatoms. The summed E-state index contributed by atoms with van der Waals surface area (Å²) in [6, 6.07) is 8.11. The van der Waals surface area contributed by atoms with Gasteiger partial charge in [0.1, 0.15) is 17.9 Å². The van der Waals surface area contributed by atoms with E-state index in [0.717, 1.165) is 16.4 Å². The van der Waals surface area contributed by atoms with Gasteiger partial charge in [-0.05, 0) is 18.9 Å². The van der Waals surface area contributed by atoms with Crippen LogP contribution in [0.4, 0.5) is 5.82 Å². The van der Waals surface area contributed by atoms with E-state index in [0.29, 0.717) is 23.1 Å². The van der Waals surface area contributed by atoms with Gasteiger partial charge in [0.15, 0.2) is 5.82 Å². The highest BCUT2D eigenvalue weighted by atomic mass is 16.3. The molecule has 1 atom stereocenters. The molecule has 3 rings (SSSR count). The van der Waals surface area contributed by atoms with Crippen molar-refractivity contribution in [2.75, 3.05) is 5.73 Å². The van der Waals surface area contributed by atoms with Gasteiger partial charge in [0, 0.05) is 11.4 Å². The molecule has 21 heavy (non-hydrogen) atoms. The topological polar surface area (TPSA) is 77.0 Å². The lowest BCUT2D eigenvalue weighted by Crippen LogP contribution is -2.14. The number of aliphatic hydroxyl groups is 1. The summed E-state index contributed by atoms with van der Waals surface area (Å²) in [4.78, 5) is 8.93. The SMILES string of the molecule is CC(C)C(C)n1c(CO)nc2c(N)nc3ccccc3c21. The number of fused-ring (bicyclic) bond motifs is 3. The highest BCUT2D eigenvalue weighted by molar-refractivity contribution is 6.06. The van der Waals surface area contributed by atoms with Gasteiger partial charge in [-0.3, -0.25) is 0 Å². The van der Waals surface area contributed by atoms with E-state index in [1.54, 1.807) is 0 Å². The van der Waals surface area contributed by atoms with Crippen LogP contribution < -0.4 is 5.73 Å². The predicted molar refractivity (Wildman–Crippen MR) is 84.9 cm³/mol. The number of para-hydroxylation sites is 1. The molecule has 0 bridgehead atoms. The van der Waals surface area contributed by atoms with E-state index in [9.17, 15) is 5.11 Å². The molecule has 1 unspecified atom stereocenters. The van der Waals surface area contributed by atoms with E-state index in [1.165, 1.54) is 0 Å². The number of nitrogens with two attached hydrogens (primary N) is 1. The Kier molecular flexibility index (Phi) is 3.29. The van der Waals surface area contributed by atoms with Crippen LogP contribution in [0.2, 0.25) is 0 Å². The van der Waals surface area contributed by atoms with Crippen LogP contribution in [0, 0.1) is 5.92 Å². The van der Waals surface area contributed by atoms with Crippen molar-refractivity contribution in [1.82, 2.24) is 14.5 Å². The Bertz CT molecular complexity index is 807. The number of benzene rings is 1. The van der Waals surface area contributed by atoms with Gasteiger partial charge in [-0.1, -0.05) is 32.0 Å². The molecular formula is C16H20N4O. The van der Waals surface area contributed by atoms with Crippen molar-refractivity contribution in [3.05, 3.63) is 30.1 Å². The number of aromatic nitrogens is 3. The number of anilines is 1. The number of hydrogen-bond donors (Lipinski definition) is 2. The summed E-state index contributed by atoms with van der Waals surface area (Å²) in [6.45, 7) is 6.34. The first-order chi connectivity index (χ1) is 10.0. The van der Waals surface area contributed by atoms with E-state index in [1.807, 2.05) is 24.3 Å².